The smallest absolute Gasteiger partial charge is 0.153 e. The van der Waals surface area contributed by atoms with Crippen molar-refractivity contribution in [3.8, 4) is 39.4 Å². The highest BCUT2D eigenvalue weighted by atomic mass is 127. The molecule has 8 aromatic carbocycles. The van der Waals surface area contributed by atoms with Crippen LogP contribution in [0.1, 0.15) is 0 Å². The van der Waals surface area contributed by atoms with E-state index in [0.29, 0.717) is 0 Å². The minimum Gasteiger partial charge on any atom is -0.453 e. The van der Waals surface area contributed by atoms with Crippen molar-refractivity contribution in [1.29, 1.82) is 0 Å². The fourth-order valence-corrected chi connectivity index (χ4v) is 9.76. The lowest BCUT2D eigenvalue weighted by Gasteiger charge is -2.27. The molecule has 0 saturated carbocycles. The summed E-state index contributed by atoms with van der Waals surface area (Å²) in [6.45, 7) is 0. The molecule has 1 aliphatic heterocycles. The summed E-state index contributed by atoms with van der Waals surface area (Å²) in [6, 6.07) is 63.6. The SMILES string of the molecule is Ic1cc2c3c(c1)c1ccccc1n3-c1cc(-c3ccc(N(c4ccc(-c5ccccc5)cc4)c4cccc5sc6ccccc6c45)cc3)ccc1O2. The summed E-state index contributed by atoms with van der Waals surface area (Å²) in [5.74, 6) is 1.77. The number of anilines is 3. The maximum Gasteiger partial charge on any atom is 0.153 e. The molecule has 0 spiro atoms. The molecular weight excluding hydrogens is 780 g/mol. The molecule has 0 amide bonds. The molecule has 5 heteroatoms. The lowest BCUT2D eigenvalue weighted by molar-refractivity contribution is 0.476. The number of hydrogen-bond donors (Lipinski definition) is 0. The molecule has 0 bridgehead atoms. The fraction of sp³-hybridized carbons (Fsp3) is 0. The van der Waals surface area contributed by atoms with Crippen LogP contribution in [0.3, 0.4) is 0 Å². The van der Waals surface area contributed by atoms with E-state index in [1.54, 1.807) is 0 Å². The minimum absolute atomic E-state index is 0.865. The van der Waals surface area contributed by atoms with Crippen LogP contribution in [0.4, 0.5) is 17.1 Å². The van der Waals surface area contributed by atoms with Gasteiger partial charge in [0.05, 0.1) is 22.4 Å². The number of fused-ring (bicyclic) bond motifs is 8. The van der Waals surface area contributed by atoms with Crippen LogP contribution in [0.25, 0.3) is 69.9 Å². The first-order valence-corrected chi connectivity index (χ1v) is 19.6. The number of rotatable bonds is 5. The van der Waals surface area contributed by atoms with Crippen LogP contribution in [0.15, 0.2) is 176 Å². The summed E-state index contributed by atoms with van der Waals surface area (Å²) in [5.41, 5.74) is 11.5. The van der Waals surface area contributed by atoms with E-state index in [0.717, 1.165) is 48.8 Å². The van der Waals surface area contributed by atoms with Gasteiger partial charge in [0.1, 0.15) is 0 Å². The number of ether oxygens (including phenoxy) is 1. The molecule has 250 valence electrons. The van der Waals surface area contributed by atoms with Crippen molar-refractivity contribution in [1.82, 2.24) is 4.57 Å². The molecule has 10 aromatic rings. The highest BCUT2D eigenvalue weighted by Crippen LogP contribution is 2.48. The highest BCUT2D eigenvalue weighted by Gasteiger charge is 2.25. The average molecular weight is 809 g/mol. The number of hydrogen-bond acceptors (Lipinski definition) is 3. The largest absolute Gasteiger partial charge is 0.453 e. The molecule has 0 N–H and O–H groups in total. The molecular formula is C48H29IN2OS. The monoisotopic (exact) mass is 808 g/mol. The van der Waals surface area contributed by atoms with E-state index in [2.05, 4.69) is 208 Å². The third-order valence-corrected chi connectivity index (χ3v) is 12.2. The summed E-state index contributed by atoms with van der Waals surface area (Å²) in [7, 11) is 0. The van der Waals surface area contributed by atoms with Gasteiger partial charge >= 0.3 is 0 Å². The summed E-state index contributed by atoms with van der Waals surface area (Å²) in [5, 5.41) is 5.01. The van der Waals surface area contributed by atoms with E-state index in [1.807, 2.05) is 11.3 Å². The molecule has 0 aliphatic carbocycles. The van der Waals surface area contributed by atoms with Crippen molar-refractivity contribution < 1.29 is 4.74 Å². The molecule has 53 heavy (non-hydrogen) atoms. The van der Waals surface area contributed by atoms with Crippen LogP contribution in [-0.4, -0.2) is 4.57 Å². The molecule has 11 rings (SSSR count). The Kier molecular flexibility index (Phi) is 7.00. The predicted molar refractivity (Wildman–Crippen MR) is 232 cm³/mol. The number of nitrogens with zero attached hydrogens (tertiary/aromatic N) is 2. The first-order chi connectivity index (χ1) is 26.2. The standard InChI is InChI=1S/C48H29IN2OS/c49-34-28-39-37-11-4-6-13-40(37)51-42-27-33(21-26-43(42)52-44(29-34)48(39)51)32-19-24-36(25-20-32)50(35-22-17-31(18-23-35)30-9-2-1-3-10-30)41-14-8-16-46-47(41)38-12-5-7-15-45(38)53-46/h1-29H. The maximum absolute atomic E-state index is 6.56. The van der Waals surface area contributed by atoms with E-state index in [9.17, 15) is 0 Å². The zero-order chi connectivity index (χ0) is 35.0. The van der Waals surface area contributed by atoms with E-state index in [1.165, 1.54) is 53.3 Å². The van der Waals surface area contributed by atoms with Crippen molar-refractivity contribution in [2.75, 3.05) is 4.90 Å². The van der Waals surface area contributed by atoms with E-state index in [4.69, 9.17) is 4.74 Å². The molecule has 1 aliphatic rings. The lowest BCUT2D eigenvalue weighted by atomic mass is 10.0. The first-order valence-electron chi connectivity index (χ1n) is 17.7. The molecule has 0 fully saturated rings. The topological polar surface area (TPSA) is 17.4 Å². The molecule has 3 nitrogen and oxygen atoms in total. The van der Waals surface area contributed by atoms with Gasteiger partial charge in [-0.2, -0.15) is 0 Å². The Balaban J connectivity index is 1.04. The Labute approximate surface area is 324 Å². The Hall–Kier alpha value is -5.89. The lowest BCUT2D eigenvalue weighted by Crippen LogP contribution is -2.10. The molecule has 3 heterocycles. The van der Waals surface area contributed by atoms with Gasteiger partial charge in [-0.3, -0.25) is 0 Å². The molecule has 0 unspecified atom stereocenters. The Morgan fingerprint density at radius 2 is 1.13 bits per heavy atom. The van der Waals surface area contributed by atoms with E-state index >= 15 is 0 Å². The van der Waals surface area contributed by atoms with Gasteiger partial charge in [0.15, 0.2) is 11.5 Å². The number of benzene rings is 8. The normalized spacial score (nSPS) is 12.0. The van der Waals surface area contributed by atoms with Gasteiger partial charge in [0, 0.05) is 45.9 Å². The number of para-hydroxylation sites is 1. The number of aromatic nitrogens is 1. The summed E-state index contributed by atoms with van der Waals surface area (Å²) >= 11 is 4.24. The van der Waals surface area contributed by atoms with Gasteiger partial charge in [-0.15, -0.1) is 11.3 Å². The summed E-state index contributed by atoms with van der Waals surface area (Å²) < 4.78 is 12.7. The minimum atomic E-state index is 0.865. The fourth-order valence-electron chi connectivity index (χ4n) is 8.04. The predicted octanol–water partition coefficient (Wildman–Crippen LogP) is 14.7. The van der Waals surface area contributed by atoms with E-state index in [-0.39, 0.29) is 0 Å². The average Bonchev–Trinajstić information content (AvgIpc) is 3.76. The van der Waals surface area contributed by atoms with Crippen molar-refractivity contribution >= 4 is 93.0 Å². The molecule has 0 atom stereocenters. The Morgan fingerprint density at radius 1 is 0.491 bits per heavy atom. The quantitative estimate of drug-likeness (QED) is 0.161. The van der Waals surface area contributed by atoms with Crippen LogP contribution in [-0.2, 0) is 0 Å². The second kappa shape index (κ2) is 12.1. The van der Waals surface area contributed by atoms with Gasteiger partial charge in [-0.1, -0.05) is 103 Å². The van der Waals surface area contributed by atoms with Gasteiger partial charge < -0.3 is 14.2 Å². The van der Waals surface area contributed by atoms with Crippen molar-refractivity contribution in [2.45, 2.75) is 0 Å². The number of halogens is 1. The highest BCUT2D eigenvalue weighted by molar-refractivity contribution is 14.1. The molecule has 0 radical (unpaired) electrons. The Morgan fingerprint density at radius 3 is 1.92 bits per heavy atom. The Bertz CT molecular complexity index is 3040. The maximum atomic E-state index is 6.56. The van der Waals surface area contributed by atoms with Gasteiger partial charge in [-0.05, 0) is 118 Å². The van der Waals surface area contributed by atoms with Crippen LogP contribution in [0.5, 0.6) is 11.5 Å². The summed E-state index contributed by atoms with van der Waals surface area (Å²) in [4.78, 5) is 2.40. The van der Waals surface area contributed by atoms with Gasteiger partial charge in [0.2, 0.25) is 0 Å². The van der Waals surface area contributed by atoms with Crippen LogP contribution in [0.2, 0.25) is 0 Å². The second-order valence-electron chi connectivity index (χ2n) is 13.5. The third-order valence-electron chi connectivity index (χ3n) is 10.4. The van der Waals surface area contributed by atoms with Crippen LogP contribution in [0, 0.1) is 3.57 Å². The molecule has 2 aromatic heterocycles. The summed E-state index contributed by atoms with van der Waals surface area (Å²) in [6.07, 6.45) is 0. The van der Waals surface area contributed by atoms with Crippen LogP contribution < -0.4 is 9.64 Å². The van der Waals surface area contributed by atoms with E-state index < -0.39 is 0 Å². The first kappa shape index (κ1) is 30.7. The van der Waals surface area contributed by atoms with Gasteiger partial charge in [-0.25, -0.2) is 0 Å². The number of thiophene rings is 1. The zero-order valence-corrected chi connectivity index (χ0v) is 31.3. The van der Waals surface area contributed by atoms with Gasteiger partial charge in [0.25, 0.3) is 0 Å². The second-order valence-corrected chi connectivity index (χ2v) is 15.8. The van der Waals surface area contributed by atoms with Crippen molar-refractivity contribution in [3.05, 3.63) is 179 Å². The molecule has 0 saturated heterocycles. The van der Waals surface area contributed by atoms with Crippen molar-refractivity contribution in [2.24, 2.45) is 0 Å². The third kappa shape index (κ3) is 4.91. The van der Waals surface area contributed by atoms with Crippen LogP contribution >= 0.6 is 33.9 Å². The zero-order valence-electron chi connectivity index (χ0n) is 28.3. The van der Waals surface area contributed by atoms with Crippen molar-refractivity contribution in [3.63, 3.8) is 0 Å².